The first-order chi connectivity index (χ1) is 13.9. The fourth-order valence-corrected chi connectivity index (χ4v) is 4.13. The second-order valence-electron chi connectivity index (χ2n) is 6.57. The minimum atomic E-state index is -0.252. The van der Waals surface area contributed by atoms with Crippen molar-refractivity contribution < 1.29 is 4.79 Å². The van der Waals surface area contributed by atoms with E-state index < -0.39 is 0 Å². The SMILES string of the molecule is Cc1cc(/C=N\NC(=O)[C@H](C)Sc2ccccc2)c(C)n1-c1ccc(Cl)c(Cl)c1. The molecule has 1 aromatic heterocycles. The van der Waals surface area contributed by atoms with Gasteiger partial charge in [0.15, 0.2) is 0 Å². The van der Waals surface area contributed by atoms with Crippen LogP contribution >= 0.6 is 35.0 Å². The van der Waals surface area contributed by atoms with Crippen molar-refractivity contribution in [2.24, 2.45) is 5.10 Å². The van der Waals surface area contributed by atoms with E-state index in [9.17, 15) is 4.79 Å². The number of rotatable bonds is 6. The molecule has 0 saturated heterocycles. The van der Waals surface area contributed by atoms with Crippen LogP contribution in [0.1, 0.15) is 23.9 Å². The number of benzene rings is 2. The van der Waals surface area contributed by atoms with Crippen molar-refractivity contribution in [2.75, 3.05) is 0 Å². The molecule has 1 atom stereocenters. The number of hydrogen-bond donors (Lipinski definition) is 1. The first-order valence-corrected chi connectivity index (χ1v) is 10.7. The molecule has 4 nitrogen and oxygen atoms in total. The fraction of sp³-hybridized carbons (Fsp3) is 0.182. The number of amides is 1. The van der Waals surface area contributed by atoms with Gasteiger partial charge in [0.25, 0.3) is 5.91 Å². The zero-order valence-corrected chi connectivity index (χ0v) is 18.6. The highest BCUT2D eigenvalue weighted by atomic mass is 35.5. The third-order valence-electron chi connectivity index (χ3n) is 4.44. The fourth-order valence-electron chi connectivity index (χ4n) is 2.95. The Kier molecular flexibility index (Phi) is 7.06. The van der Waals surface area contributed by atoms with Crippen LogP contribution in [0.5, 0.6) is 0 Å². The van der Waals surface area contributed by atoms with E-state index in [0.717, 1.165) is 27.5 Å². The zero-order valence-electron chi connectivity index (χ0n) is 16.3. The molecule has 29 heavy (non-hydrogen) atoms. The first kappa shape index (κ1) is 21.5. The third-order valence-corrected chi connectivity index (χ3v) is 6.29. The van der Waals surface area contributed by atoms with Gasteiger partial charge in [0.2, 0.25) is 0 Å². The molecular weight excluding hydrogens is 425 g/mol. The second kappa shape index (κ2) is 9.53. The summed E-state index contributed by atoms with van der Waals surface area (Å²) in [6, 6.07) is 17.4. The molecule has 7 heteroatoms. The van der Waals surface area contributed by atoms with Crippen LogP contribution in [0.15, 0.2) is 64.6 Å². The predicted octanol–water partition coefficient (Wildman–Crippen LogP) is 6.03. The van der Waals surface area contributed by atoms with Gasteiger partial charge in [-0.2, -0.15) is 5.10 Å². The Morgan fingerprint density at radius 3 is 2.52 bits per heavy atom. The molecule has 0 saturated carbocycles. The van der Waals surface area contributed by atoms with Crippen molar-refractivity contribution in [3.05, 3.63) is 81.6 Å². The van der Waals surface area contributed by atoms with Crippen LogP contribution in [-0.2, 0) is 4.79 Å². The molecule has 0 bridgehead atoms. The van der Waals surface area contributed by atoms with E-state index in [1.807, 2.05) is 69.3 Å². The van der Waals surface area contributed by atoms with Crippen molar-refractivity contribution in [2.45, 2.75) is 30.9 Å². The van der Waals surface area contributed by atoms with Crippen molar-refractivity contribution in [3.8, 4) is 5.69 Å². The average molecular weight is 446 g/mol. The van der Waals surface area contributed by atoms with Crippen LogP contribution in [0.4, 0.5) is 0 Å². The van der Waals surface area contributed by atoms with Gasteiger partial charge in [-0.15, -0.1) is 11.8 Å². The summed E-state index contributed by atoms with van der Waals surface area (Å²) in [7, 11) is 0. The summed E-state index contributed by atoms with van der Waals surface area (Å²) in [6.07, 6.45) is 1.66. The van der Waals surface area contributed by atoms with Crippen LogP contribution in [0.2, 0.25) is 10.0 Å². The van der Waals surface area contributed by atoms with Gasteiger partial charge in [0.1, 0.15) is 0 Å². The molecule has 0 aliphatic rings. The summed E-state index contributed by atoms with van der Waals surface area (Å²) in [6.45, 7) is 5.86. The Morgan fingerprint density at radius 1 is 1.10 bits per heavy atom. The number of hydrogen-bond acceptors (Lipinski definition) is 3. The van der Waals surface area contributed by atoms with Crippen molar-refractivity contribution in [1.29, 1.82) is 0 Å². The van der Waals surface area contributed by atoms with E-state index in [2.05, 4.69) is 15.1 Å². The Bertz CT molecular complexity index is 1050. The maximum absolute atomic E-state index is 12.3. The lowest BCUT2D eigenvalue weighted by Gasteiger charge is -2.10. The molecule has 1 heterocycles. The van der Waals surface area contributed by atoms with E-state index >= 15 is 0 Å². The quantitative estimate of drug-likeness (QED) is 0.285. The van der Waals surface area contributed by atoms with Crippen LogP contribution in [-0.4, -0.2) is 21.9 Å². The number of nitrogens with one attached hydrogen (secondary N) is 1. The first-order valence-electron chi connectivity index (χ1n) is 9.06. The molecule has 0 aliphatic carbocycles. The third kappa shape index (κ3) is 5.24. The molecule has 0 unspecified atom stereocenters. The summed E-state index contributed by atoms with van der Waals surface area (Å²) in [5.41, 5.74) is 6.48. The highest BCUT2D eigenvalue weighted by Gasteiger charge is 2.14. The number of carbonyl (C=O) groups is 1. The normalized spacial score (nSPS) is 12.3. The average Bonchev–Trinajstić information content (AvgIpc) is 2.98. The Balaban J connectivity index is 1.69. The van der Waals surface area contributed by atoms with Crippen molar-refractivity contribution >= 4 is 47.1 Å². The monoisotopic (exact) mass is 445 g/mol. The van der Waals surface area contributed by atoms with Gasteiger partial charge in [0.05, 0.1) is 21.5 Å². The Morgan fingerprint density at radius 2 is 1.83 bits per heavy atom. The zero-order chi connectivity index (χ0) is 21.0. The molecule has 3 rings (SSSR count). The number of halogens is 2. The van der Waals surface area contributed by atoms with Gasteiger partial charge in [-0.3, -0.25) is 4.79 Å². The Labute approximate surface area is 184 Å². The summed E-state index contributed by atoms with van der Waals surface area (Å²) >= 11 is 13.7. The molecule has 1 amide bonds. The van der Waals surface area contributed by atoms with Crippen molar-refractivity contribution in [3.63, 3.8) is 0 Å². The van der Waals surface area contributed by atoms with Crippen LogP contribution in [0, 0.1) is 13.8 Å². The van der Waals surface area contributed by atoms with Crippen molar-refractivity contribution in [1.82, 2.24) is 9.99 Å². The van der Waals surface area contributed by atoms with Crippen LogP contribution in [0.25, 0.3) is 5.69 Å². The second-order valence-corrected chi connectivity index (χ2v) is 8.80. The molecular formula is C22H21Cl2N3OS. The molecule has 0 radical (unpaired) electrons. The van der Waals surface area contributed by atoms with E-state index in [0.29, 0.717) is 10.0 Å². The topological polar surface area (TPSA) is 46.4 Å². The van der Waals surface area contributed by atoms with Gasteiger partial charge < -0.3 is 4.57 Å². The Hall–Kier alpha value is -2.21. The summed E-state index contributed by atoms with van der Waals surface area (Å²) in [5, 5.41) is 4.92. The summed E-state index contributed by atoms with van der Waals surface area (Å²) < 4.78 is 2.07. The number of nitrogens with zero attached hydrogens (tertiary/aromatic N) is 2. The highest BCUT2D eigenvalue weighted by Crippen LogP contribution is 2.27. The molecule has 0 aliphatic heterocycles. The molecule has 1 N–H and O–H groups in total. The van der Waals surface area contributed by atoms with Gasteiger partial charge in [0, 0.05) is 27.5 Å². The van der Waals surface area contributed by atoms with Gasteiger partial charge in [-0.1, -0.05) is 41.4 Å². The number of carbonyl (C=O) groups excluding carboxylic acids is 1. The number of thioether (sulfide) groups is 1. The lowest BCUT2D eigenvalue weighted by atomic mass is 10.2. The molecule has 0 fully saturated rings. The van der Waals surface area contributed by atoms with E-state index in [4.69, 9.17) is 23.2 Å². The lowest BCUT2D eigenvalue weighted by molar-refractivity contribution is -0.120. The predicted molar refractivity (Wildman–Crippen MR) is 123 cm³/mol. The van der Waals surface area contributed by atoms with Gasteiger partial charge in [-0.25, -0.2) is 5.43 Å². The van der Waals surface area contributed by atoms with Gasteiger partial charge in [-0.05, 0) is 57.2 Å². The minimum Gasteiger partial charge on any atom is -0.318 e. The van der Waals surface area contributed by atoms with Crippen LogP contribution in [0.3, 0.4) is 0 Å². The van der Waals surface area contributed by atoms with Crippen LogP contribution < -0.4 is 5.43 Å². The highest BCUT2D eigenvalue weighted by molar-refractivity contribution is 8.00. The number of aromatic nitrogens is 1. The number of aryl methyl sites for hydroxylation is 1. The van der Waals surface area contributed by atoms with E-state index in [-0.39, 0.29) is 11.2 Å². The molecule has 2 aromatic carbocycles. The van der Waals surface area contributed by atoms with E-state index in [1.165, 1.54) is 11.8 Å². The summed E-state index contributed by atoms with van der Waals surface area (Å²) in [4.78, 5) is 13.4. The maximum atomic E-state index is 12.3. The lowest BCUT2D eigenvalue weighted by Crippen LogP contribution is -2.26. The smallest absolute Gasteiger partial charge is 0.253 e. The molecule has 0 spiro atoms. The largest absolute Gasteiger partial charge is 0.318 e. The summed E-state index contributed by atoms with van der Waals surface area (Å²) in [5.74, 6) is -0.145. The van der Waals surface area contributed by atoms with E-state index in [1.54, 1.807) is 12.3 Å². The minimum absolute atomic E-state index is 0.145. The molecule has 3 aromatic rings. The molecule has 150 valence electrons. The van der Waals surface area contributed by atoms with Gasteiger partial charge >= 0.3 is 0 Å². The standard InChI is InChI=1S/C22H21Cl2N3OS/c1-14-11-17(15(2)27(14)18-9-10-20(23)21(24)12-18)13-25-26-22(28)16(3)29-19-7-5-4-6-8-19/h4-13,16H,1-3H3,(H,26,28)/b25-13-/t16-/m0/s1. The maximum Gasteiger partial charge on any atom is 0.253 e. The number of hydrazone groups is 1.